The minimum Gasteiger partial charge on any atom is -0.496 e. The van der Waals surface area contributed by atoms with E-state index in [1.807, 2.05) is 38.1 Å². The molecule has 0 saturated heterocycles. The van der Waals surface area contributed by atoms with Crippen LogP contribution in [0.3, 0.4) is 0 Å². The summed E-state index contributed by atoms with van der Waals surface area (Å²) in [7, 11) is 1.59. The van der Waals surface area contributed by atoms with Crippen LogP contribution in [-0.2, 0) is 17.8 Å². The van der Waals surface area contributed by atoms with E-state index < -0.39 is 0 Å². The van der Waals surface area contributed by atoms with E-state index in [1.165, 1.54) is 0 Å². The van der Waals surface area contributed by atoms with Gasteiger partial charge in [0.15, 0.2) is 0 Å². The summed E-state index contributed by atoms with van der Waals surface area (Å²) in [5.74, 6) is 0.597. The number of ether oxygens (including phenoxy) is 1. The van der Waals surface area contributed by atoms with Gasteiger partial charge in [-0.3, -0.25) is 9.78 Å². The Morgan fingerprint density at radius 1 is 1.36 bits per heavy atom. The molecule has 0 unspecified atom stereocenters. The quantitative estimate of drug-likeness (QED) is 0.921. The Kier molecular flexibility index (Phi) is 5.39. The molecule has 0 saturated carbocycles. The molecule has 1 heterocycles. The van der Waals surface area contributed by atoms with E-state index in [1.54, 1.807) is 13.3 Å². The minimum atomic E-state index is -0.0908. The second-order valence-corrected chi connectivity index (χ2v) is 5.47. The SMILES string of the molecule is COc1cc(C)c(Cl)c(C)c1CC(=O)NCc1ccccn1. The first-order chi connectivity index (χ1) is 10.5. The molecule has 0 aliphatic carbocycles. The van der Waals surface area contributed by atoms with Crippen molar-refractivity contribution in [1.29, 1.82) is 0 Å². The van der Waals surface area contributed by atoms with E-state index in [0.29, 0.717) is 17.3 Å². The maximum Gasteiger partial charge on any atom is 0.224 e. The number of amides is 1. The Hall–Kier alpha value is -2.07. The molecule has 0 radical (unpaired) electrons. The molecule has 1 N–H and O–H groups in total. The Balaban J connectivity index is 2.10. The first kappa shape index (κ1) is 16.3. The average Bonchev–Trinajstić information content (AvgIpc) is 2.54. The molecule has 2 rings (SSSR count). The normalized spacial score (nSPS) is 10.4. The summed E-state index contributed by atoms with van der Waals surface area (Å²) >= 11 is 6.27. The Labute approximate surface area is 135 Å². The number of methoxy groups -OCH3 is 1. The van der Waals surface area contributed by atoms with Crippen LogP contribution in [0.2, 0.25) is 5.02 Å². The number of carbonyl (C=O) groups excluding carboxylic acids is 1. The minimum absolute atomic E-state index is 0.0908. The average molecular weight is 319 g/mol. The number of nitrogens with zero attached hydrogens (tertiary/aromatic N) is 1. The molecular formula is C17H19ClN2O2. The number of pyridine rings is 1. The smallest absolute Gasteiger partial charge is 0.224 e. The number of halogens is 1. The molecule has 1 amide bonds. The largest absolute Gasteiger partial charge is 0.496 e. The maximum absolute atomic E-state index is 12.2. The summed E-state index contributed by atoms with van der Waals surface area (Å²) in [5, 5.41) is 3.53. The molecule has 116 valence electrons. The van der Waals surface area contributed by atoms with Gasteiger partial charge in [0.1, 0.15) is 5.75 Å². The Morgan fingerprint density at radius 3 is 2.77 bits per heavy atom. The third kappa shape index (κ3) is 3.77. The molecule has 1 aromatic carbocycles. The van der Waals surface area contributed by atoms with E-state index in [2.05, 4.69) is 10.3 Å². The summed E-state index contributed by atoms with van der Waals surface area (Å²) in [6.45, 7) is 4.22. The number of benzene rings is 1. The van der Waals surface area contributed by atoms with Crippen molar-refractivity contribution in [3.05, 3.63) is 57.9 Å². The molecule has 5 heteroatoms. The third-order valence-electron chi connectivity index (χ3n) is 3.52. The van der Waals surface area contributed by atoms with Gasteiger partial charge in [-0.25, -0.2) is 0 Å². The van der Waals surface area contributed by atoms with Crippen molar-refractivity contribution in [2.45, 2.75) is 26.8 Å². The fourth-order valence-corrected chi connectivity index (χ4v) is 2.45. The van der Waals surface area contributed by atoms with Crippen LogP contribution in [-0.4, -0.2) is 18.0 Å². The van der Waals surface area contributed by atoms with Gasteiger partial charge in [-0.1, -0.05) is 17.7 Å². The zero-order chi connectivity index (χ0) is 16.1. The Bertz CT molecular complexity index is 672. The standard InChI is InChI=1S/C17H19ClN2O2/c1-11-8-15(22-3)14(12(2)17(11)18)9-16(21)20-10-13-6-4-5-7-19-13/h4-8H,9-10H2,1-3H3,(H,20,21). The maximum atomic E-state index is 12.2. The van der Waals surface area contributed by atoms with Gasteiger partial charge in [0.2, 0.25) is 5.91 Å². The summed E-state index contributed by atoms with van der Waals surface area (Å²) in [6, 6.07) is 7.46. The molecule has 0 aliphatic rings. The predicted octanol–water partition coefficient (Wildman–Crippen LogP) is 3.22. The van der Waals surface area contributed by atoms with E-state index in [-0.39, 0.29) is 12.3 Å². The fourth-order valence-electron chi connectivity index (χ4n) is 2.28. The molecule has 22 heavy (non-hydrogen) atoms. The highest BCUT2D eigenvalue weighted by atomic mass is 35.5. The van der Waals surface area contributed by atoms with Crippen molar-refractivity contribution in [2.24, 2.45) is 0 Å². The Morgan fingerprint density at radius 2 is 2.14 bits per heavy atom. The highest BCUT2D eigenvalue weighted by Crippen LogP contribution is 2.31. The number of hydrogen-bond acceptors (Lipinski definition) is 3. The first-order valence-electron chi connectivity index (χ1n) is 7.02. The molecule has 0 bridgehead atoms. The van der Waals surface area contributed by atoms with Crippen LogP contribution in [0.4, 0.5) is 0 Å². The van der Waals surface area contributed by atoms with Crippen LogP contribution in [0.1, 0.15) is 22.4 Å². The summed E-state index contributed by atoms with van der Waals surface area (Å²) in [4.78, 5) is 16.3. The van der Waals surface area contributed by atoms with E-state index in [4.69, 9.17) is 16.3 Å². The van der Waals surface area contributed by atoms with Crippen molar-refractivity contribution in [2.75, 3.05) is 7.11 Å². The van der Waals surface area contributed by atoms with Gasteiger partial charge in [0.25, 0.3) is 0 Å². The summed E-state index contributed by atoms with van der Waals surface area (Å²) < 4.78 is 5.37. The van der Waals surface area contributed by atoms with Gasteiger partial charge in [0.05, 0.1) is 25.8 Å². The van der Waals surface area contributed by atoms with Gasteiger partial charge in [-0.15, -0.1) is 0 Å². The lowest BCUT2D eigenvalue weighted by molar-refractivity contribution is -0.120. The first-order valence-corrected chi connectivity index (χ1v) is 7.40. The van der Waals surface area contributed by atoms with Crippen molar-refractivity contribution in [3.63, 3.8) is 0 Å². The van der Waals surface area contributed by atoms with Crippen LogP contribution in [0, 0.1) is 13.8 Å². The second kappa shape index (κ2) is 7.27. The van der Waals surface area contributed by atoms with Crippen molar-refractivity contribution >= 4 is 17.5 Å². The van der Waals surface area contributed by atoms with Crippen molar-refractivity contribution in [3.8, 4) is 5.75 Å². The molecule has 2 aromatic rings. The molecule has 0 fully saturated rings. The van der Waals surface area contributed by atoms with Gasteiger partial charge >= 0.3 is 0 Å². The van der Waals surface area contributed by atoms with E-state index in [9.17, 15) is 4.79 Å². The van der Waals surface area contributed by atoms with Gasteiger partial charge in [-0.2, -0.15) is 0 Å². The highest BCUT2D eigenvalue weighted by molar-refractivity contribution is 6.32. The number of aryl methyl sites for hydroxylation is 1. The van der Waals surface area contributed by atoms with Gasteiger partial charge in [-0.05, 0) is 43.2 Å². The van der Waals surface area contributed by atoms with E-state index >= 15 is 0 Å². The molecular weight excluding hydrogens is 300 g/mol. The highest BCUT2D eigenvalue weighted by Gasteiger charge is 2.15. The van der Waals surface area contributed by atoms with Crippen LogP contribution in [0.5, 0.6) is 5.75 Å². The van der Waals surface area contributed by atoms with E-state index in [0.717, 1.165) is 22.4 Å². The number of aromatic nitrogens is 1. The molecule has 0 aliphatic heterocycles. The van der Waals surface area contributed by atoms with Gasteiger partial charge in [0, 0.05) is 16.8 Å². The lowest BCUT2D eigenvalue weighted by Gasteiger charge is -2.15. The molecule has 1 aromatic heterocycles. The number of hydrogen-bond donors (Lipinski definition) is 1. The van der Waals surface area contributed by atoms with Crippen LogP contribution < -0.4 is 10.1 Å². The van der Waals surface area contributed by atoms with Gasteiger partial charge < -0.3 is 10.1 Å². The van der Waals surface area contributed by atoms with Crippen molar-refractivity contribution < 1.29 is 9.53 Å². The second-order valence-electron chi connectivity index (χ2n) is 5.09. The van der Waals surface area contributed by atoms with Crippen LogP contribution in [0.25, 0.3) is 0 Å². The zero-order valence-electron chi connectivity index (χ0n) is 12.9. The lowest BCUT2D eigenvalue weighted by atomic mass is 10.0. The summed E-state index contributed by atoms with van der Waals surface area (Å²) in [5.41, 5.74) is 3.46. The number of carbonyl (C=O) groups is 1. The lowest BCUT2D eigenvalue weighted by Crippen LogP contribution is -2.25. The molecule has 0 spiro atoms. The predicted molar refractivity (Wildman–Crippen MR) is 87.3 cm³/mol. The summed E-state index contributed by atoms with van der Waals surface area (Å²) in [6.07, 6.45) is 1.93. The zero-order valence-corrected chi connectivity index (χ0v) is 13.7. The molecule has 0 atom stereocenters. The van der Waals surface area contributed by atoms with Crippen LogP contribution >= 0.6 is 11.6 Å². The number of rotatable bonds is 5. The topological polar surface area (TPSA) is 51.2 Å². The number of nitrogens with one attached hydrogen (secondary N) is 1. The van der Waals surface area contributed by atoms with Crippen molar-refractivity contribution in [1.82, 2.24) is 10.3 Å². The molecule has 4 nitrogen and oxygen atoms in total. The fraction of sp³-hybridized carbons (Fsp3) is 0.294. The third-order valence-corrected chi connectivity index (χ3v) is 4.10. The van der Waals surface area contributed by atoms with Crippen LogP contribution in [0.15, 0.2) is 30.5 Å². The monoisotopic (exact) mass is 318 g/mol.